The average molecular weight is 514 g/mol. The summed E-state index contributed by atoms with van der Waals surface area (Å²) in [5.41, 5.74) is 0.452. The van der Waals surface area contributed by atoms with E-state index in [0.717, 1.165) is 33.1 Å². The van der Waals surface area contributed by atoms with Gasteiger partial charge >= 0.3 is 5.97 Å². The Labute approximate surface area is 223 Å². The van der Waals surface area contributed by atoms with Crippen molar-refractivity contribution in [2.45, 2.75) is 105 Å². The van der Waals surface area contributed by atoms with Gasteiger partial charge in [0.05, 0.1) is 12.7 Å². The molecular weight excluding hydrogens is 467 g/mol. The van der Waals surface area contributed by atoms with Crippen LogP contribution in [0.1, 0.15) is 92.4 Å². The summed E-state index contributed by atoms with van der Waals surface area (Å²) in [6.45, 7) is 10.4. The highest BCUT2D eigenvalue weighted by Gasteiger charge is 2.61. The van der Waals surface area contributed by atoms with Gasteiger partial charge in [-0.1, -0.05) is 27.7 Å². The number of rotatable bonds is 9. The van der Waals surface area contributed by atoms with Gasteiger partial charge in [-0.2, -0.15) is 0 Å². The molecule has 205 valence electrons. The van der Waals surface area contributed by atoms with E-state index in [1.807, 2.05) is 13.8 Å². The van der Waals surface area contributed by atoms with Crippen molar-refractivity contribution in [3.8, 4) is 0 Å². The molecule has 7 nitrogen and oxygen atoms in total. The zero-order valence-electron chi connectivity index (χ0n) is 23.4. The van der Waals surface area contributed by atoms with E-state index in [1.165, 1.54) is 32.1 Å². The number of hydrogen-bond donors (Lipinski definition) is 2. The lowest BCUT2D eigenvalue weighted by Gasteiger charge is -2.61. The second-order valence-electron chi connectivity index (χ2n) is 13.2. The molecule has 4 saturated carbocycles. The molecule has 2 N–H and O–H groups in total. The Kier molecular flexibility index (Phi) is 8.57. The molecule has 0 aliphatic heterocycles. The largest absolute Gasteiger partial charge is 0.461 e. The van der Waals surface area contributed by atoms with E-state index < -0.39 is 6.04 Å². The smallest absolute Gasteiger partial charge is 0.329 e. The molecule has 4 aliphatic carbocycles. The summed E-state index contributed by atoms with van der Waals surface area (Å²) >= 11 is 0. The van der Waals surface area contributed by atoms with Gasteiger partial charge in [-0.3, -0.25) is 9.59 Å². The first kappa shape index (κ1) is 28.3. The van der Waals surface area contributed by atoms with E-state index in [9.17, 15) is 19.2 Å². The Morgan fingerprint density at radius 3 is 2.38 bits per heavy atom. The van der Waals surface area contributed by atoms with Crippen LogP contribution in [0.15, 0.2) is 0 Å². The van der Waals surface area contributed by atoms with Crippen molar-refractivity contribution in [2.24, 2.45) is 46.3 Å². The molecule has 3 unspecified atom stereocenters. The molecule has 1 amide bonds. The topological polar surface area (TPSA) is 102 Å². The average Bonchev–Trinajstić information content (AvgIpc) is 3.20. The summed E-state index contributed by atoms with van der Waals surface area (Å²) < 4.78 is 6.02. The molecule has 8 heteroatoms. The fraction of sp³-hybridized carbons (Fsp3) is 0.862. The lowest BCUT2D eigenvalue weighted by molar-refractivity contribution is -0.166. The van der Waals surface area contributed by atoms with Crippen LogP contribution in [-0.2, 0) is 23.9 Å². The van der Waals surface area contributed by atoms with Crippen LogP contribution < -0.4 is 10.5 Å². The number of hydrogen-bond acceptors (Lipinski definition) is 6. The molecule has 0 aromatic carbocycles. The maximum atomic E-state index is 13.1. The van der Waals surface area contributed by atoms with Gasteiger partial charge in [-0.15, -0.1) is 0 Å². The molecule has 9 atom stereocenters. The Bertz CT molecular complexity index is 896. The zero-order chi connectivity index (χ0) is 27.0. The molecule has 4 fully saturated rings. The third-order valence-corrected chi connectivity index (χ3v) is 11.1. The van der Waals surface area contributed by atoms with Crippen LogP contribution in [-0.4, -0.2) is 50.0 Å². The van der Waals surface area contributed by atoms with Crippen molar-refractivity contribution in [1.82, 2.24) is 10.5 Å². The summed E-state index contributed by atoms with van der Waals surface area (Å²) in [5, 5.41) is 5.37. The number of Topliss-reactive ketones (excluding diaryl/α,β-unsaturated/α-hetero) is 1. The van der Waals surface area contributed by atoms with Crippen LogP contribution >= 0.6 is 0 Å². The summed E-state index contributed by atoms with van der Waals surface area (Å²) in [6.07, 6.45) is 10.4. The van der Waals surface area contributed by atoms with Crippen molar-refractivity contribution in [3.05, 3.63) is 0 Å². The van der Waals surface area contributed by atoms with Gasteiger partial charge < -0.3 is 20.1 Å². The van der Waals surface area contributed by atoms with Crippen LogP contribution in [0.2, 0.25) is 0 Å². The minimum Gasteiger partial charge on any atom is -0.461 e. The minimum absolute atomic E-state index is 0.0607. The first-order chi connectivity index (χ1) is 17.5. The molecule has 4 aliphatic rings. The van der Waals surface area contributed by atoms with Gasteiger partial charge in [-0.25, -0.2) is 4.79 Å². The van der Waals surface area contributed by atoms with Crippen molar-refractivity contribution in [2.75, 3.05) is 6.54 Å². The van der Waals surface area contributed by atoms with E-state index in [2.05, 4.69) is 24.4 Å². The maximum absolute atomic E-state index is 13.1. The summed E-state index contributed by atoms with van der Waals surface area (Å²) in [4.78, 5) is 48.1. The van der Waals surface area contributed by atoms with Gasteiger partial charge in [0, 0.05) is 5.92 Å². The predicted molar refractivity (Wildman–Crippen MR) is 143 cm³/mol. The first-order valence-electron chi connectivity index (χ1n) is 14.5. The number of esters is 1. The molecule has 0 bridgehead atoms. The summed E-state index contributed by atoms with van der Waals surface area (Å²) in [7, 11) is 1.16. The number of nitrogens with one attached hydrogen (secondary N) is 2. The first-order valence-corrected chi connectivity index (χ1v) is 14.5. The van der Waals surface area contributed by atoms with Gasteiger partial charge in [0.1, 0.15) is 17.9 Å². The molecule has 1 radical (unpaired) electrons. The Morgan fingerprint density at radius 1 is 1.00 bits per heavy atom. The predicted octanol–water partition coefficient (Wildman–Crippen LogP) is 3.69. The molecule has 0 aromatic rings. The maximum Gasteiger partial charge on any atom is 0.329 e. The van der Waals surface area contributed by atoms with E-state index >= 15 is 0 Å². The van der Waals surface area contributed by atoms with E-state index in [4.69, 9.17) is 4.74 Å². The van der Waals surface area contributed by atoms with E-state index in [-0.39, 0.29) is 47.2 Å². The second-order valence-corrected chi connectivity index (χ2v) is 13.2. The molecule has 0 spiro atoms. The van der Waals surface area contributed by atoms with Gasteiger partial charge in [0.25, 0.3) is 7.41 Å². The van der Waals surface area contributed by atoms with Gasteiger partial charge in [0.2, 0.25) is 5.91 Å². The lowest BCUT2D eigenvalue weighted by Crippen LogP contribution is -2.55. The summed E-state index contributed by atoms with van der Waals surface area (Å²) in [6, 6.07) is -0.706. The highest BCUT2D eigenvalue weighted by molar-refractivity contribution is 6.64. The Morgan fingerprint density at radius 2 is 1.70 bits per heavy atom. The Balaban J connectivity index is 1.37. The van der Waals surface area contributed by atoms with Crippen LogP contribution in [0.5, 0.6) is 0 Å². The number of carbonyl (C=O) groups is 4. The normalized spacial score (nSPS) is 39.5. The standard InChI is InChI=1S/C29H46BN2O5/c1-17(2)26(32-25(35)15-31-30-16-33)27(36)37-20-10-12-28(4)19(14-20)6-7-21-23-9-8-22(18(3)34)29(23,5)13-11-24(21)28/h16-17,19-24,26,31H,6-15H2,1-5H3,(H,32,35)/t19-,20+,21?,22+,23?,24?,26-,28-,29+/m0/s1. The fourth-order valence-corrected chi connectivity index (χ4v) is 9.15. The molecule has 37 heavy (non-hydrogen) atoms. The van der Waals surface area contributed by atoms with Crippen molar-refractivity contribution < 1.29 is 23.9 Å². The van der Waals surface area contributed by atoms with Crippen LogP contribution in [0.25, 0.3) is 0 Å². The monoisotopic (exact) mass is 513 g/mol. The van der Waals surface area contributed by atoms with Crippen LogP contribution in [0.3, 0.4) is 0 Å². The van der Waals surface area contributed by atoms with E-state index in [0.29, 0.717) is 35.6 Å². The van der Waals surface area contributed by atoms with Crippen molar-refractivity contribution in [1.29, 1.82) is 0 Å². The summed E-state index contributed by atoms with van der Waals surface area (Å²) in [5.74, 6) is 2.46. The highest BCUT2D eigenvalue weighted by atomic mass is 16.5. The Hall–Kier alpha value is -1.70. The number of fused-ring (bicyclic) bond motifs is 5. The highest BCUT2D eigenvalue weighted by Crippen LogP contribution is 2.67. The van der Waals surface area contributed by atoms with Gasteiger partial charge in [-0.05, 0) is 105 Å². The third kappa shape index (κ3) is 5.42. The van der Waals surface area contributed by atoms with Crippen LogP contribution in [0, 0.1) is 46.3 Å². The van der Waals surface area contributed by atoms with Crippen molar-refractivity contribution >= 4 is 31.3 Å². The zero-order valence-corrected chi connectivity index (χ0v) is 23.4. The quantitative estimate of drug-likeness (QED) is 0.211. The number of ether oxygens (including phenoxy) is 1. The third-order valence-electron chi connectivity index (χ3n) is 11.1. The van der Waals surface area contributed by atoms with E-state index in [1.54, 1.807) is 6.92 Å². The minimum atomic E-state index is -0.706. The van der Waals surface area contributed by atoms with Crippen LogP contribution in [0.4, 0.5) is 0 Å². The molecule has 0 aromatic heterocycles. The number of carbonyl (C=O) groups excluding carboxylic acids is 4. The SMILES string of the molecule is CC(=O)[C@H]1CCC2C3CC[C@H]4C[C@H](OC(=O)[C@@H](NC(=O)CN[B]C=O)C(C)C)CC[C@]4(C)C3CC[C@@]21C. The number of ketones is 1. The molecular formula is C29H46BN2O5. The van der Waals surface area contributed by atoms with Crippen molar-refractivity contribution in [3.63, 3.8) is 0 Å². The number of amides is 1. The molecule has 0 saturated heterocycles. The fourth-order valence-electron chi connectivity index (χ4n) is 9.15. The molecule has 4 rings (SSSR count). The molecule has 0 heterocycles. The second kappa shape index (κ2) is 11.2. The lowest BCUT2D eigenvalue weighted by atomic mass is 9.44. The van der Waals surface area contributed by atoms with Gasteiger partial charge in [0.15, 0.2) is 0 Å².